The molecular weight excluding hydrogens is 324 g/mol. The smallest absolute Gasteiger partial charge is 0.306 e. The predicted octanol–water partition coefficient (Wildman–Crippen LogP) is 0.738. The van der Waals surface area contributed by atoms with Gasteiger partial charge in [-0.15, -0.1) is 4.83 Å². The fraction of sp³-hybridized carbons (Fsp3) is 0.429. The number of rotatable bonds is 9. The zero-order valence-electron chi connectivity index (χ0n) is 13.0. The molecule has 0 aliphatic carbocycles. The summed E-state index contributed by atoms with van der Waals surface area (Å²) in [5.41, 5.74) is 2.04. The summed E-state index contributed by atoms with van der Waals surface area (Å²) in [5, 5.41) is 0. The van der Waals surface area contributed by atoms with Gasteiger partial charge in [-0.05, 0) is 38.1 Å². The average molecular weight is 344 g/mol. The molecule has 0 aliphatic heterocycles. The summed E-state index contributed by atoms with van der Waals surface area (Å²) in [5.74, 6) is -0.602. The van der Waals surface area contributed by atoms with Crippen molar-refractivity contribution < 1.29 is 27.5 Å². The zero-order chi connectivity index (χ0) is 17.3. The number of hydrogen-bond acceptors (Lipinski definition) is 6. The Bertz CT molecular complexity index is 627. The first kappa shape index (κ1) is 18.9. The molecule has 1 aromatic carbocycles. The highest BCUT2D eigenvalue weighted by Crippen LogP contribution is 2.15. The van der Waals surface area contributed by atoms with Gasteiger partial charge >= 0.3 is 5.97 Å². The van der Waals surface area contributed by atoms with Crippen LogP contribution >= 0.6 is 0 Å². The molecule has 0 radical (unpaired) electrons. The minimum atomic E-state index is -3.89. The third kappa shape index (κ3) is 6.66. The van der Waals surface area contributed by atoms with Crippen molar-refractivity contribution in [3.05, 3.63) is 24.3 Å². The van der Waals surface area contributed by atoms with Crippen molar-refractivity contribution in [2.45, 2.75) is 31.6 Å². The number of hydrazine groups is 1. The molecule has 0 bridgehead atoms. The van der Waals surface area contributed by atoms with Crippen molar-refractivity contribution in [2.75, 3.05) is 13.2 Å². The van der Waals surface area contributed by atoms with Crippen LogP contribution in [0.3, 0.4) is 0 Å². The van der Waals surface area contributed by atoms with Crippen molar-refractivity contribution in [3.8, 4) is 5.75 Å². The van der Waals surface area contributed by atoms with Crippen LogP contribution in [0.25, 0.3) is 0 Å². The normalized spacial score (nSPS) is 10.9. The fourth-order valence-electron chi connectivity index (χ4n) is 1.58. The first-order valence-electron chi connectivity index (χ1n) is 7.08. The lowest BCUT2D eigenvalue weighted by Crippen LogP contribution is -2.41. The number of nitrogens with one attached hydrogen (secondary N) is 2. The lowest BCUT2D eigenvalue weighted by atomic mass is 10.3. The third-order valence-electron chi connectivity index (χ3n) is 2.63. The zero-order valence-corrected chi connectivity index (χ0v) is 13.8. The van der Waals surface area contributed by atoms with Gasteiger partial charge in [-0.1, -0.05) is 0 Å². The maximum Gasteiger partial charge on any atom is 0.306 e. The molecule has 2 N–H and O–H groups in total. The van der Waals surface area contributed by atoms with Crippen LogP contribution < -0.4 is 15.0 Å². The van der Waals surface area contributed by atoms with Gasteiger partial charge in [0.05, 0.1) is 24.5 Å². The fourth-order valence-corrected chi connectivity index (χ4v) is 2.44. The highest BCUT2D eigenvalue weighted by atomic mass is 32.2. The second-order valence-electron chi connectivity index (χ2n) is 4.36. The second kappa shape index (κ2) is 9.11. The van der Waals surface area contributed by atoms with Crippen LogP contribution in [0.2, 0.25) is 0 Å². The summed E-state index contributed by atoms with van der Waals surface area (Å²) in [6.07, 6.45) is -0.297. The number of esters is 1. The summed E-state index contributed by atoms with van der Waals surface area (Å²) in [6.45, 7) is 4.17. The number of carbonyl (C=O) groups excluding carboxylic acids is 2. The molecule has 128 valence electrons. The van der Waals surface area contributed by atoms with Crippen molar-refractivity contribution in [3.63, 3.8) is 0 Å². The maximum absolute atomic E-state index is 12.0. The molecule has 0 heterocycles. The highest BCUT2D eigenvalue weighted by Gasteiger charge is 2.15. The van der Waals surface area contributed by atoms with Gasteiger partial charge in [-0.2, -0.15) is 0 Å². The molecule has 23 heavy (non-hydrogen) atoms. The molecule has 0 aliphatic rings. The van der Waals surface area contributed by atoms with E-state index in [0.717, 1.165) is 0 Å². The third-order valence-corrected chi connectivity index (χ3v) is 3.89. The Labute approximate surface area is 135 Å². The topological polar surface area (TPSA) is 111 Å². The van der Waals surface area contributed by atoms with E-state index in [1.807, 2.05) is 17.2 Å². The molecular formula is C14H20N2O6S. The molecule has 0 spiro atoms. The van der Waals surface area contributed by atoms with E-state index < -0.39 is 21.9 Å². The summed E-state index contributed by atoms with van der Waals surface area (Å²) < 4.78 is 33.9. The summed E-state index contributed by atoms with van der Waals surface area (Å²) >= 11 is 0. The minimum Gasteiger partial charge on any atom is -0.494 e. The molecule has 0 saturated heterocycles. The van der Waals surface area contributed by atoms with Crippen molar-refractivity contribution in [2.24, 2.45) is 0 Å². The van der Waals surface area contributed by atoms with E-state index >= 15 is 0 Å². The lowest BCUT2D eigenvalue weighted by Gasteiger charge is -2.09. The van der Waals surface area contributed by atoms with Gasteiger partial charge in [0.15, 0.2) is 0 Å². The van der Waals surface area contributed by atoms with E-state index in [1.54, 1.807) is 6.92 Å². The van der Waals surface area contributed by atoms with Gasteiger partial charge in [0.1, 0.15) is 5.75 Å². The molecule has 0 unspecified atom stereocenters. The molecule has 0 aromatic heterocycles. The Kier molecular flexibility index (Phi) is 7.49. The van der Waals surface area contributed by atoms with Gasteiger partial charge in [-0.25, -0.2) is 8.42 Å². The van der Waals surface area contributed by atoms with Crippen LogP contribution in [0, 0.1) is 0 Å². The van der Waals surface area contributed by atoms with Crippen LogP contribution in [0.4, 0.5) is 0 Å². The van der Waals surface area contributed by atoms with Crippen molar-refractivity contribution in [1.82, 2.24) is 10.3 Å². The van der Waals surface area contributed by atoms with Crippen molar-refractivity contribution in [1.29, 1.82) is 0 Å². The molecule has 1 rings (SSSR count). The second-order valence-corrected chi connectivity index (χ2v) is 6.05. The minimum absolute atomic E-state index is 0.0216. The number of hydrogen-bond donors (Lipinski definition) is 2. The van der Waals surface area contributed by atoms with E-state index in [1.165, 1.54) is 24.3 Å². The Hall–Kier alpha value is -2.13. The SMILES string of the molecule is CCOC(=O)CCC(=O)NNS(=O)(=O)c1ccc(OCC)cc1. The van der Waals surface area contributed by atoms with Crippen LogP contribution in [-0.4, -0.2) is 33.5 Å². The first-order valence-corrected chi connectivity index (χ1v) is 8.56. The Morgan fingerprint density at radius 1 is 1.04 bits per heavy atom. The van der Waals surface area contributed by atoms with Gasteiger partial charge < -0.3 is 9.47 Å². The number of carbonyl (C=O) groups is 2. The quantitative estimate of drug-likeness (QED) is 0.505. The van der Waals surface area contributed by atoms with E-state index in [9.17, 15) is 18.0 Å². The summed E-state index contributed by atoms with van der Waals surface area (Å²) in [6, 6.07) is 5.75. The van der Waals surface area contributed by atoms with Crippen LogP contribution in [0.1, 0.15) is 26.7 Å². The number of ether oxygens (including phenoxy) is 2. The van der Waals surface area contributed by atoms with Gasteiger partial charge in [0.25, 0.3) is 10.0 Å². The molecule has 9 heteroatoms. The predicted molar refractivity (Wildman–Crippen MR) is 81.9 cm³/mol. The lowest BCUT2D eigenvalue weighted by molar-refractivity contribution is -0.144. The van der Waals surface area contributed by atoms with E-state index in [-0.39, 0.29) is 24.3 Å². The van der Waals surface area contributed by atoms with Gasteiger partial charge in [0, 0.05) is 6.42 Å². The Morgan fingerprint density at radius 2 is 1.70 bits per heavy atom. The molecule has 1 aromatic rings. The maximum atomic E-state index is 12.0. The summed E-state index contributed by atoms with van der Waals surface area (Å²) in [7, 11) is -3.89. The standard InChI is InChI=1S/C14H20N2O6S/c1-3-21-11-5-7-12(8-6-11)23(19,20)16-15-13(17)9-10-14(18)22-4-2/h5-8,16H,3-4,9-10H2,1-2H3,(H,15,17). The molecule has 0 fully saturated rings. The van der Waals surface area contributed by atoms with Crippen LogP contribution in [0.15, 0.2) is 29.2 Å². The molecule has 0 atom stereocenters. The molecule has 1 amide bonds. The average Bonchev–Trinajstić information content (AvgIpc) is 2.52. The van der Waals surface area contributed by atoms with E-state index in [2.05, 4.69) is 4.74 Å². The van der Waals surface area contributed by atoms with Gasteiger partial charge in [0.2, 0.25) is 5.91 Å². The monoisotopic (exact) mass is 344 g/mol. The molecule has 8 nitrogen and oxygen atoms in total. The van der Waals surface area contributed by atoms with Crippen LogP contribution in [0.5, 0.6) is 5.75 Å². The highest BCUT2D eigenvalue weighted by molar-refractivity contribution is 7.89. The molecule has 0 saturated carbocycles. The van der Waals surface area contributed by atoms with Crippen LogP contribution in [-0.2, 0) is 24.3 Å². The van der Waals surface area contributed by atoms with E-state index in [0.29, 0.717) is 12.4 Å². The Morgan fingerprint density at radius 3 is 2.26 bits per heavy atom. The number of sulfonamides is 1. The number of amides is 1. The van der Waals surface area contributed by atoms with E-state index in [4.69, 9.17) is 4.74 Å². The largest absolute Gasteiger partial charge is 0.494 e. The number of benzene rings is 1. The summed E-state index contributed by atoms with van der Waals surface area (Å²) in [4.78, 5) is 24.5. The first-order chi connectivity index (χ1) is 10.9. The van der Waals surface area contributed by atoms with Crippen molar-refractivity contribution >= 4 is 21.9 Å². The Balaban J connectivity index is 2.51. The van der Waals surface area contributed by atoms with Gasteiger partial charge in [-0.3, -0.25) is 15.0 Å².